The molecule has 0 bridgehead atoms. The molecule has 3 heterocycles. The Bertz CT molecular complexity index is 1600. The summed E-state index contributed by atoms with van der Waals surface area (Å²) < 4.78 is 48.5. The summed E-state index contributed by atoms with van der Waals surface area (Å²) in [6, 6.07) is 12.1. The Morgan fingerprint density at radius 3 is 2.68 bits per heavy atom. The molecule has 1 amide bonds. The van der Waals surface area contributed by atoms with E-state index in [1.54, 1.807) is 25.1 Å². The molecule has 4 aromatic rings. The molecule has 1 fully saturated rings. The summed E-state index contributed by atoms with van der Waals surface area (Å²) in [4.78, 5) is 17.3. The fraction of sp³-hybridized carbons (Fsp3) is 0.269. The number of carbonyl (C=O) groups excluding carboxylic acids is 1. The summed E-state index contributed by atoms with van der Waals surface area (Å²) in [5.41, 5.74) is 2.47. The Morgan fingerprint density at radius 2 is 1.92 bits per heavy atom. The lowest BCUT2D eigenvalue weighted by Crippen LogP contribution is -2.41. The number of amides is 1. The van der Waals surface area contributed by atoms with Gasteiger partial charge in [0.25, 0.3) is 0 Å². The zero-order valence-corrected chi connectivity index (χ0v) is 21.9. The number of hydrogen-bond acceptors (Lipinski definition) is 7. The molecule has 2 aromatic carbocycles. The van der Waals surface area contributed by atoms with Gasteiger partial charge in [-0.15, -0.1) is 0 Å². The van der Waals surface area contributed by atoms with Crippen molar-refractivity contribution in [3.05, 3.63) is 70.9 Å². The number of sulfonamides is 1. The number of piperidine rings is 1. The van der Waals surface area contributed by atoms with Crippen molar-refractivity contribution in [2.45, 2.75) is 31.6 Å². The van der Waals surface area contributed by atoms with E-state index in [1.165, 1.54) is 33.9 Å². The van der Waals surface area contributed by atoms with Gasteiger partial charge in [0.15, 0.2) is 15.8 Å². The fourth-order valence-electron chi connectivity index (χ4n) is 4.35. The highest BCUT2D eigenvalue weighted by Gasteiger charge is 2.36. The van der Waals surface area contributed by atoms with Crippen LogP contribution in [0.3, 0.4) is 0 Å². The van der Waals surface area contributed by atoms with E-state index in [1.807, 2.05) is 25.1 Å². The molecule has 11 heteroatoms. The number of nitrogens with zero attached hydrogens (tertiary/aromatic N) is 3. The number of aromatic nitrogens is 2. The van der Waals surface area contributed by atoms with E-state index in [0.29, 0.717) is 23.5 Å². The molecule has 37 heavy (non-hydrogen) atoms. The van der Waals surface area contributed by atoms with E-state index in [-0.39, 0.29) is 41.3 Å². The van der Waals surface area contributed by atoms with Crippen molar-refractivity contribution in [3.63, 3.8) is 0 Å². The lowest BCUT2D eigenvalue weighted by molar-refractivity contribution is -0.120. The van der Waals surface area contributed by atoms with Gasteiger partial charge < -0.3 is 9.84 Å². The van der Waals surface area contributed by atoms with Gasteiger partial charge in [-0.05, 0) is 62.6 Å². The normalized spacial score (nSPS) is 15.5. The highest BCUT2D eigenvalue weighted by molar-refractivity contribution is 7.89. The molecule has 0 unspecified atom stereocenters. The van der Waals surface area contributed by atoms with Gasteiger partial charge in [-0.25, -0.2) is 17.8 Å². The number of halogens is 1. The van der Waals surface area contributed by atoms with Crippen molar-refractivity contribution in [2.24, 2.45) is 5.92 Å². The number of hydrogen-bond donors (Lipinski definition) is 1. The van der Waals surface area contributed by atoms with Gasteiger partial charge in [0.2, 0.25) is 15.9 Å². The van der Waals surface area contributed by atoms with Crippen LogP contribution in [-0.2, 0) is 14.8 Å². The minimum atomic E-state index is -3.93. The van der Waals surface area contributed by atoms with Gasteiger partial charge >= 0.3 is 0 Å². The number of nitrogens with one attached hydrogen (secondary N) is 1. The second-order valence-corrected chi connectivity index (χ2v) is 11.9. The van der Waals surface area contributed by atoms with Crippen molar-refractivity contribution in [2.75, 3.05) is 18.4 Å². The predicted molar refractivity (Wildman–Crippen MR) is 141 cm³/mol. The molecule has 0 saturated carbocycles. The molecular weight excluding hydrogens is 515 g/mol. The first-order valence-corrected chi connectivity index (χ1v) is 14.0. The fourth-order valence-corrected chi connectivity index (χ4v) is 7.04. The van der Waals surface area contributed by atoms with Crippen LogP contribution in [0, 0.1) is 25.6 Å². The maximum absolute atomic E-state index is 14.0. The Hall–Kier alpha value is -3.41. The zero-order valence-electron chi connectivity index (χ0n) is 20.3. The lowest BCUT2D eigenvalue weighted by atomic mass is 9.97. The van der Waals surface area contributed by atoms with Gasteiger partial charge in [-0.3, -0.25) is 4.79 Å². The molecule has 1 aliphatic rings. The summed E-state index contributed by atoms with van der Waals surface area (Å²) in [6.45, 7) is 3.92. The van der Waals surface area contributed by atoms with E-state index in [4.69, 9.17) is 4.52 Å². The molecule has 1 N–H and O–H groups in total. The Balaban J connectivity index is 1.27. The predicted octanol–water partition coefficient (Wildman–Crippen LogP) is 5.25. The smallest absolute Gasteiger partial charge is 0.248 e. The van der Waals surface area contributed by atoms with E-state index in [9.17, 15) is 17.6 Å². The van der Waals surface area contributed by atoms with Crippen LogP contribution in [0.2, 0.25) is 0 Å². The largest absolute Gasteiger partial charge is 0.355 e. The van der Waals surface area contributed by atoms with Gasteiger partial charge in [-0.1, -0.05) is 40.8 Å². The summed E-state index contributed by atoms with van der Waals surface area (Å²) in [6.07, 6.45) is 3.61. The molecule has 2 aromatic heterocycles. The summed E-state index contributed by atoms with van der Waals surface area (Å²) in [7, 11) is -3.93. The van der Waals surface area contributed by atoms with Crippen LogP contribution < -0.4 is 5.32 Å². The molecule has 5 rings (SSSR count). The molecular formula is C26H25FN4O4S2. The van der Waals surface area contributed by atoms with Crippen molar-refractivity contribution < 1.29 is 22.1 Å². The monoisotopic (exact) mass is 540 g/mol. The number of carbonyl (C=O) groups is 1. The Kier molecular flexibility index (Phi) is 6.93. The highest BCUT2D eigenvalue weighted by atomic mass is 32.2. The van der Waals surface area contributed by atoms with E-state index in [0.717, 1.165) is 15.8 Å². The van der Waals surface area contributed by atoms with E-state index < -0.39 is 15.8 Å². The topological polar surface area (TPSA) is 105 Å². The molecule has 8 nitrogen and oxygen atoms in total. The molecule has 0 radical (unpaired) electrons. The van der Waals surface area contributed by atoms with Gasteiger partial charge in [-0.2, -0.15) is 4.31 Å². The van der Waals surface area contributed by atoms with Crippen LogP contribution in [0.1, 0.15) is 35.4 Å². The first-order valence-electron chi connectivity index (χ1n) is 11.8. The molecule has 0 atom stereocenters. The van der Waals surface area contributed by atoms with Crippen LogP contribution >= 0.6 is 11.3 Å². The third kappa shape index (κ3) is 5.20. The van der Waals surface area contributed by atoms with E-state index in [2.05, 4.69) is 15.5 Å². The summed E-state index contributed by atoms with van der Waals surface area (Å²) in [5.74, 6) is -0.890. The zero-order chi connectivity index (χ0) is 26.2. The average Bonchev–Trinajstić information content (AvgIpc) is 3.45. The Labute approximate surface area is 217 Å². The third-order valence-corrected chi connectivity index (χ3v) is 9.34. The van der Waals surface area contributed by atoms with Crippen LogP contribution in [0.25, 0.3) is 22.4 Å². The molecule has 0 aliphatic carbocycles. The second-order valence-electron chi connectivity index (χ2n) is 8.97. The summed E-state index contributed by atoms with van der Waals surface area (Å²) >= 11 is 1.42. The van der Waals surface area contributed by atoms with Crippen LogP contribution in [0.4, 0.5) is 9.52 Å². The first kappa shape index (κ1) is 25.2. The molecule has 192 valence electrons. The SMILES string of the molecule is Cc1ccc2nc(NC(=O)C3CCN(S(=O)(=O)c4c(C)noc4C=Cc4ccccc4F)CC3)sc2c1. The number of anilines is 1. The maximum Gasteiger partial charge on any atom is 0.248 e. The van der Waals surface area contributed by atoms with Crippen molar-refractivity contribution in [1.29, 1.82) is 0 Å². The van der Waals surface area contributed by atoms with Crippen LogP contribution in [0.5, 0.6) is 0 Å². The Morgan fingerprint density at radius 1 is 1.16 bits per heavy atom. The first-order chi connectivity index (χ1) is 17.7. The van der Waals surface area contributed by atoms with Crippen molar-refractivity contribution in [1.82, 2.24) is 14.4 Å². The molecule has 1 saturated heterocycles. The van der Waals surface area contributed by atoms with Gasteiger partial charge in [0.1, 0.15) is 11.5 Å². The average molecular weight is 541 g/mol. The second kappa shape index (κ2) is 10.2. The standard InChI is InChI=1S/C26H25FN4O4S2/c1-16-7-9-21-23(15-16)36-26(28-21)29-25(32)19-11-13-31(14-12-19)37(33,34)24-17(2)30-35-22(24)10-8-18-5-3-4-6-20(18)27/h3-10,15,19H,11-14H2,1-2H3,(H,28,29,32). The van der Waals surface area contributed by atoms with E-state index >= 15 is 0 Å². The minimum absolute atomic E-state index is 0.0340. The number of fused-ring (bicyclic) bond motifs is 1. The maximum atomic E-state index is 14.0. The number of thiazole rings is 1. The number of rotatable bonds is 6. The highest BCUT2D eigenvalue weighted by Crippen LogP contribution is 2.31. The number of aryl methyl sites for hydroxylation is 2. The van der Waals surface area contributed by atoms with Crippen LogP contribution in [-0.4, -0.2) is 41.9 Å². The van der Waals surface area contributed by atoms with Crippen molar-refractivity contribution in [3.8, 4) is 0 Å². The summed E-state index contributed by atoms with van der Waals surface area (Å²) in [5, 5.41) is 7.26. The molecule has 0 spiro atoms. The lowest BCUT2D eigenvalue weighted by Gasteiger charge is -2.30. The van der Waals surface area contributed by atoms with Gasteiger partial charge in [0.05, 0.1) is 10.2 Å². The van der Waals surface area contributed by atoms with Crippen molar-refractivity contribution >= 4 is 54.8 Å². The molecule has 1 aliphatic heterocycles. The van der Waals surface area contributed by atoms with Gasteiger partial charge in [0, 0.05) is 24.6 Å². The van der Waals surface area contributed by atoms with Crippen LogP contribution in [0.15, 0.2) is 51.9 Å². The third-order valence-electron chi connectivity index (χ3n) is 6.35. The number of benzene rings is 2. The quantitative estimate of drug-likeness (QED) is 0.358. The minimum Gasteiger partial charge on any atom is -0.355 e.